The van der Waals surface area contributed by atoms with Gasteiger partial charge in [-0.15, -0.1) is 0 Å². The number of hydrogen-bond donors (Lipinski definition) is 2. The molecule has 0 aromatic heterocycles. The van der Waals surface area contributed by atoms with Crippen LogP contribution in [0.4, 0.5) is 13.2 Å². The number of nitrogens with one attached hydrogen (secondary N) is 1. The number of halogens is 3. The molecule has 0 heterocycles. The molecule has 0 unspecified atom stereocenters. The Labute approximate surface area is 112 Å². The number of hydrogen-bond acceptors (Lipinski definition) is 3. The van der Waals surface area contributed by atoms with Crippen LogP contribution in [0.15, 0.2) is 24.3 Å². The van der Waals surface area contributed by atoms with Crippen molar-refractivity contribution in [3.05, 3.63) is 29.8 Å². The second kappa shape index (κ2) is 6.27. The van der Waals surface area contributed by atoms with Crippen molar-refractivity contribution < 1.29 is 32.6 Å². The standard InChI is InChI=1S/C12H12F3NO4/c1-20-8-4-2-7(3-5-8)9(6-10(17)18)16-11(19)12(13,14)15/h2-5,9H,6H2,1H3,(H,16,19)(H,17,18)/t9-/m0/s1. The van der Waals surface area contributed by atoms with E-state index in [4.69, 9.17) is 9.84 Å². The fourth-order valence-corrected chi connectivity index (χ4v) is 1.50. The maximum absolute atomic E-state index is 12.2. The van der Waals surface area contributed by atoms with Gasteiger partial charge in [0.25, 0.3) is 0 Å². The summed E-state index contributed by atoms with van der Waals surface area (Å²) in [6.45, 7) is 0. The fraction of sp³-hybridized carbons (Fsp3) is 0.333. The summed E-state index contributed by atoms with van der Waals surface area (Å²) in [4.78, 5) is 21.6. The van der Waals surface area contributed by atoms with Gasteiger partial charge in [0.2, 0.25) is 0 Å². The molecule has 0 spiro atoms. The first kappa shape index (κ1) is 15.8. The number of aliphatic carboxylic acids is 1. The maximum atomic E-state index is 12.2. The fourth-order valence-electron chi connectivity index (χ4n) is 1.50. The van der Waals surface area contributed by atoms with Crippen LogP contribution in [0.3, 0.4) is 0 Å². The van der Waals surface area contributed by atoms with Crippen LogP contribution < -0.4 is 10.1 Å². The zero-order valence-electron chi connectivity index (χ0n) is 10.4. The Morgan fingerprint density at radius 1 is 1.30 bits per heavy atom. The third-order valence-corrected chi connectivity index (χ3v) is 2.46. The monoisotopic (exact) mass is 291 g/mol. The van der Waals surface area contributed by atoms with Gasteiger partial charge >= 0.3 is 18.1 Å². The molecule has 110 valence electrons. The molecule has 1 atom stereocenters. The van der Waals surface area contributed by atoms with Crippen molar-refractivity contribution >= 4 is 11.9 Å². The Balaban J connectivity index is 2.93. The Bertz CT molecular complexity index is 484. The second-order valence-corrected chi connectivity index (χ2v) is 3.89. The molecular formula is C12H12F3NO4. The summed E-state index contributed by atoms with van der Waals surface area (Å²) in [5, 5.41) is 10.4. The smallest absolute Gasteiger partial charge is 0.471 e. The second-order valence-electron chi connectivity index (χ2n) is 3.89. The van der Waals surface area contributed by atoms with Gasteiger partial charge in [-0.3, -0.25) is 9.59 Å². The maximum Gasteiger partial charge on any atom is 0.471 e. The molecule has 20 heavy (non-hydrogen) atoms. The Morgan fingerprint density at radius 2 is 1.85 bits per heavy atom. The summed E-state index contributed by atoms with van der Waals surface area (Å²) in [7, 11) is 1.41. The summed E-state index contributed by atoms with van der Waals surface area (Å²) in [6.07, 6.45) is -5.72. The Morgan fingerprint density at radius 3 is 2.25 bits per heavy atom. The van der Waals surface area contributed by atoms with Crippen molar-refractivity contribution in [2.45, 2.75) is 18.6 Å². The first-order valence-corrected chi connectivity index (χ1v) is 5.47. The third kappa shape index (κ3) is 4.45. The van der Waals surface area contributed by atoms with Gasteiger partial charge in [-0.1, -0.05) is 12.1 Å². The van der Waals surface area contributed by atoms with Crippen molar-refractivity contribution in [3.63, 3.8) is 0 Å². The molecule has 0 aliphatic heterocycles. The molecule has 8 heteroatoms. The van der Waals surface area contributed by atoms with E-state index in [9.17, 15) is 22.8 Å². The Kier molecular flexibility index (Phi) is 4.95. The number of carboxylic acids is 1. The highest BCUT2D eigenvalue weighted by atomic mass is 19.4. The van der Waals surface area contributed by atoms with Crippen molar-refractivity contribution in [2.24, 2.45) is 0 Å². The summed E-state index contributed by atoms with van der Waals surface area (Å²) in [5.41, 5.74) is 0.241. The van der Waals surface area contributed by atoms with Gasteiger partial charge in [0, 0.05) is 0 Å². The van der Waals surface area contributed by atoms with E-state index in [2.05, 4.69) is 0 Å². The van der Waals surface area contributed by atoms with E-state index >= 15 is 0 Å². The molecule has 1 amide bonds. The highest BCUT2D eigenvalue weighted by Crippen LogP contribution is 2.23. The molecule has 0 aliphatic rings. The van der Waals surface area contributed by atoms with E-state index < -0.39 is 30.5 Å². The van der Waals surface area contributed by atoms with E-state index in [1.165, 1.54) is 31.4 Å². The zero-order valence-corrected chi connectivity index (χ0v) is 10.4. The first-order chi connectivity index (χ1) is 9.24. The average molecular weight is 291 g/mol. The van der Waals surface area contributed by atoms with Gasteiger partial charge in [-0.05, 0) is 17.7 Å². The lowest BCUT2D eigenvalue weighted by Gasteiger charge is -2.18. The molecule has 0 saturated heterocycles. The van der Waals surface area contributed by atoms with Gasteiger partial charge in [0.05, 0.1) is 19.6 Å². The zero-order chi connectivity index (χ0) is 15.3. The number of ether oxygens (including phenoxy) is 1. The minimum absolute atomic E-state index is 0.241. The molecule has 0 radical (unpaired) electrons. The molecule has 1 rings (SSSR count). The van der Waals surface area contributed by atoms with Crippen LogP contribution in [0, 0.1) is 0 Å². The van der Waals surface area contributed by atoms with Crippen molar-refractivity contribution in [1.82, 2.24) is 5.32 Å². The summed E-state index contributed by atoms with van der Waals surface area (Å²) < 4.78 is 41.5. The van der Waals surface area contributed by atoms with Crippen LogP contribution in [0.25, 0.3) is 0 Å². The molecule has 5 nitrogen and oxygen atoms in total. The molecule has 1 aromatic carbocycles. The minimum atomic E-state index is -5.07. The molecule has 2 N–H and O–H groups in total. The number of carbonyl (C=O) groups excluding carboxylic acids is 1. The van der Waals surface area contributed by atoms with Crippen LogP contribution in [-0.4, -0.2) is 30.3 Å². The van der Waals surface area contributed by atoms with Crippen LogP contribution in [0.1, 0.15) is 18.0 Å². The molecular weight excluding hydrogens is 279 g/mol. The van der Waals surface area contributed by atoms with Gasteiger partial charge < -0.3 is 15.2 Å². The van der Waals surface area contributed by atoms with Crippen molar-refractivity contribution in [3.8, 4) is 5.75 Å². The van der Waals surface area contributed by atoms with Gasteiger partial charge in [-0.25, -0.2) is 0 Å². The average Bonchev–Trinajstić information content (AvgIpc) is 2.36. The summed E-state index contributed by atoms with van der Waals surface area (Å²) in [6, 6.07) is 4.44. The highest BCUT2D eigenvalue weighted by molar-refractivity contribution is 5.82. The van der Waals surface area contributed by atoms with Crippen LogP contribution >= 0.6 is 0 Å². The number of alkyl halides is 3. The van der Waals surface area contributed by atoms with E-state index in [0.29, 0.717) is 5.75 Å². The minimum Gasteiger partial charge on any atom is -0.497 e. The van der Waals surface area contributed by atoms with E-state index in [1.54, 1.807) is 5.32 Å². The normalized spacial score (nSPS) is 12.6. The molecule has 1 aromatic rings. The van der Waals surface area contributed by atoms with E-state index in [0.717, 1.165) is 0 Å². The summed E-state index contributed by atoms with van der Waals surface area (Å²) >= 11 is 0. The highest BCUT2D eigenvalue weighted by Gasteiger charge is 2.40. The molecule has 0 bridgehead atoms. The van der Waals surface area contributed by atoms with Crippen LogP contribution in [0.2, 0.25) is 0 Å². The SMILES string of the molecule is COc1ccc([C@H](CC(=O)O)NC(=O)C(F)(F)F)cc1. The number of carboxylic acid groups (broad SMARTS) is 1. The quantitative estimate of drug-likeness (QED) is 0.868. The topological polar surface area (TPSA) is 75.6 Å². The van der Waals surface area contributed by atoms with Crippen molar-refractivity contribution in [2.75, 3.05) is 7.11 Å². The molecule has 0 aliphatic carbocycles. The third-order valence-electron chi connectivity index (χ3n) is 2.46. The van der Waals surface area contributed by atoms with Crippen LogP contribution in [0.5, 0.6) is 5.75 Å². The van der Waals surface area contributed by atoms with Crippen molar-refractivity contribution in [1.29, 1.82) is 0 Å². The predicted octanol–water partition coefficient (Wildman–Crippen LogP) is 1.89. The van der Waals surface area contributed by atoms with Gasteiger partial charge in [0.1, 0.15) is 5.75 Å². The predicted molar refractivity (Wildman–Crippen MR) is 62.2 cm³/mol. The summed E-state index contributed by atoms with van der Waals surface area (Å²) in [5.74, 6) is -3.04. The molecule has 0 saturated carbocycles. The van der Waals surface area contributed by atoms with E-state index in [1.807, 2.05) is 0 Å². The van der Waals surface area contributed by atoms with Gasteiger partial charge in [0.15, 0.2) is 0 Å². The largest absolute Gasteiger partial charge is 0.497 e. The number of benzene rings is 1. The lowest BCUT2D eigenvalue weighted by molar-refractivity contribution is -0.174. The van der Waals surface area contributed by atoms with Gasteiger partial charge in [-0.2, -0.15) is 13.2 Å². The number of rotatable bonds is 5. The Hall–Kier alpha value is -2.25. The number of methoxy groups -OCH3 is 1. The number of amides is 1. The lowest BCUT2D eigenvalue weighted by atomic mass is 10.0. The van der Waals surface area contributed by atoms with Crippen LogP contribution in [-0.2, 0) is 9.59 Å². The first-order valence-electron chi connectivity index (χ1n) is 5.47. The lowest BCUT2D eigenvalue weighted by Crippen LogP contribution is -2.39. The molecule has 0 fully saturated rings. The number of carbonyl (C=O) groups is 2. The van der Waals surface area contributed by atoms with E-state index in [-0.39, 0.29) is 5.56 Å².